The average molecular weight is 360 g/mol. The molecule has 132 valence electrons. The van der Waals surface area contributed by atoms with Crippen molar-refractivity contribution in [1.82, 2.24) is 10.0 Å². The smallest absolute Gasteiger partial charge is 0.251 e. The first-order valence-electron chi connectivity index (χ1n) is 7.58. The molecule has 25 heavy (non-hydrogen) atoms. The van der Waals surface area contributed by atoms with Gasteiger partial charge in [-0.25, -0.2) is 13.1 Å². The van der Waals surface area contributed by atoms with Gasteiger partial charge in [-0.05, 0) is 23.8 Å². The summed E-state index contributed by atoms with van der Waals surface area (Å²) in [5, 5.41) is 2.61. The molecule has 7 heteroatoms. The lowest BCUT2D eigenvalue weighted by Crippen LogP contribution is -2.26. The first-order chi connectivity index (χ1) is 12.0. The van der Waals surface area contributed by atoms with Crippen LogP contribution in [-0.2, 0) is 16.6 Å². The van der Waals surface area contributed by atoms with Crippen LogP contribution in [0.3, 0.4) is 0 Å². The lowest BCUT2D eigenvalue weighted by atomic mass is 10.2. The van der Waals surface area contributed by atoms with Crippen molar-refractivity contribution in [1.29, 1.82) is 0 Å². The SMILES string of the molecule is C=CCNC(=O)c1ccc(OC)c(S(=O)(=O)NCc2ccccc2)c1. The number of ether oxygens (including phenoxy) is 1. The lowest BCUT2D eigenvalue weighted by molar-refractivity contribution is 0.0957. The van der Waals surface area contributed by atoms with Gasteiger partial charge in [-0.2, -0.15) is 0 Å². The minimum Gasteiger partial charge on any atom is -0.495 e. The zero-order valence-electron chi connectivity index (χ0n) is 13.9. The molecule has 6 nitrogen and oxygen atoms in total. The Labute approximate surface area is 147 Å². The van der Waals surface area contributed by atoms with Gasteiger partial charge < -0.3 is 10.1 Å². The van der Waals surface area contributed by atoms with Crippen molar-refractivity contribution in [2.24, 2.45) is 0 Å². The number of hydrogen-bond acceptors (Lipinski definition) is 4. The third-order valence-corrected chi connectivity index (χ3v) is 4.85. The Morgan fingerprint density at radius 3 is 2.56 bits per heavy atom. The monoisotopic (exact) mass is 360 g/mol. The molecule has 0 saturated carbocycles. The van der Waals surface area contributed by atoms with E-state index in [9.17, 15) is 13.2 Å². The van der Waals surface area contributed by atoms with Crippen LogP contribution in [0.5, 0.6) is 5.75 Å². The third kappa shape index (κ3) is 4.91. The van der Waals surface area contributed by atoms with Crippen LogP contribution in [0.2, 0.25) is 0 Å². The summed E-state index contributed by atoms with van der Waals surface area (Å²) >= 11 is 0. The van der Waals surface area contributed by atoms with E-state index in [0.717, 1.165) is 5.56 Å². The number of carbonyl (C=O) groups is 1. The molecule has 1 amide bonds. The van der Waals surface area contributed by atoms with Crippen LogP contribution < -0.4 is 14.8 Å². The van der Waals surface area contributed by atoms with Crippen LogP contribution >= 0.6 is 0 Å². The molecular formula is C18H20N2O4S. The number of rotatable bonds is 8. The van der Waals surface area contributed by atoms with E-state index in [1.807, 2.05) is 30.3 Å². The Hall–Kier alpha value is -2.64. The van der Waals surface area contributed by atoms with Gasteiger partial charge in [0.2, 0.25) is 10.0 Å². The number of amides is 1. The minimum absolute atomic E-state index is 0.0859. The first-order valence-corrected chi connectivity index (χ1v) is 9.07. The molecule has 2 rings (SSSR count). The van der Waals surface area contributed by atoms with Gasteiger partial charge in [-0.3, -0.25) is 4.79 Å². The second-order valence-electron chi connectivity index (χ2n) is 5.17. The van der Waals surface area contributed by atoms with Gasteiger partial charge in [0.25, 0.3) is 5.91 Å². The van der Waals surface area contributed by atoms with Gasteiger partial charge >= 0.3 is 0 Å². The van der Waals surface area contributed by atoms with Crippen LogP contribution in [-0.4, -0.2) is 28.0 Å². The quantitative estimate of drug-likeness (QED) is 0.706. The van der Waals surface area contributed by atoms with Crippen molar-refractivity contribution < 1.29 is 17.9 Å². The van der Waals surface area contributed by atoms with E-state index in [1.54, 1.807) is 6.08 Å². The summed E-state index contributed by atoms with van der Waals surface area (Å²) in [6.45, 7) is 3.95. The molecule has 2 aromatic carbocycles. The second kappa shape index (κ2) is 8.46. The summed E-state index contributed by atoms with van der Waals surface area (Å²) in [5.74, 6) is -0.220. The van der Waals surface area contributed by atoms with Crippen LogP contribution in [0.25, 0.3) is 0 Å². The number of carbonyl (C=O) groups excluding carboxylic acids is 1. The molecule has 0 bridgehead atoms. The largest absolute Gasteiger partial charge is 0.495 e. The highest BCUT2D eigenvalue weighted by molar-refractivity contribution is 7.89. The number of methoxy groups -OCH3 is 1. The predicted octanol–water partition coefficient (Wildman–Crippen LogP) is 2.09. The molecule has 0 spiro atoms. The van der Waals surface area contributed by atoms with Gasteiger partial charge in [0.15, 0.2) is 0 Å². The predicted molar refractivity (Wildman–Crippen MR) is 96.0 cm³/mol. The molecule has 0 radical (unpaired) electrons. The Balaban J connectivity index is 2.27. The molecule has 0 fully saturated rings. The molecule has 2 N–H and O–H groups in total. The zero-order valence-corrected chi connectivity index (χ0v) is 14.7. The first kappa shape index (κ1) is 18.7. The summed E-state index contributed by atoms with van der Waals surface area (Å²) in [6.07, 6.45) is 1.54. The highest BCUT2D eigenvalue weighted by atomic mass is 32.2. The Kier molecular flexibility index (Phi) is 6.32. The van der Waals surface area contributed by atoms with Crippen molar-refractivity contribution >= 4 is 15.9 Å². The third-order valence-electron chi connectivity index (χ3n) is 3.43. The lowest BCUT2D eigenvalue weighted by Gasteiger charge is -2.12. The van der Waals surface area contributed by atoms with Gasteiger partial charge in [0.1, 0.15) is 10.6 Å². The molecule has 0 aliphatic carbocycles. The van der Waals surface area contributed by atoms with Gasteiger partial charge in [0.05, 0.1) is 7.11 Å². The van der Waals surface area contributed by atoms with Crippen molar-refractivity contribution in [3.63, 3.8) is 0 Å². The minimum atomic E-state index is -3.85. The van der Waals surface area contributed by atoms with Gasteiger partial charge in [-0.1, -0.05) is 36.4 Å². The maximum Gasteiger partial charge on any atom is 0.251 e. The van der Waals surface area contributed by atoms with E-state index in [2.05, 4.69) is 16.6 Å². The summed E-state index contributed by atoms with van der Waals surface area (Å²) in [5.41, 5.74) is 1.05. The summed E-state index contributed by atoms with van der Waals surface area (Å²) in [7, 11) is -2.47. The summed E-state index contributed by atoms with van der Waals surface area (Å²) in [4.78, 5) is 12.0. The topological polar surface area (TPSA) is 84.5 Å². The Morgan fingerprint density at radius 2 is 1.92 bits per heavy atom. The number of benzene rings is 2. The van der Waals surface area contributed by atoms with Crippen LogP contribution in [0.15, 0.2) is 66.1 Å². The fourth-order valence-corrected chi connectivity index (χ4v) is 3.36. The Bertz CT molecular complexity index is 849. The van der Waals surface area contributed by atoms with Crippen LogP contribution in [0.1, 0.15) is 15.9 Å². The molecular weight excluding hydrogens is 340 g/mol. The highest BCUT2D eigenvalue weighted by Crippen LogP contribution is 2.25. The van der Waals surface area contributed by atoms with E-state index >= 15 is 0 Å². The van der Waals surface area contributed by atoms with Gasteiger partial charge in [-0.15, -0.1) is 6.58 Å². The van der Waals surface area contributed by atoms with Crippen LogP contribution in [0.4, 0.5) is 0 Å². The average Bonchev–Trinajstić information content (AvgIpc) is 2.64. The number of sulfonamides is 1. The summed E-state index contributed by atoms with van der Waals surface area (Å²) in [6, 6.07) is 13.4. The van der Waals surface area contributed by atoms with E-state index < -0.39 is 10.0 Å². The fraction of sp³-hybridized carbons (Fsp3) is 0.167. The molecule has 0 aliphatic rings. The fourth-order valence-electron chi connectivity index (χ4n) is 2.15. The van der Waals surface area contributed by atoms with Crippen molar-refractivity contribution in [3.05, 3.63) is 72.3 Å². The Morgan fingerprint density at radius 1 is 1.20 bits per heavy atom. The standard InChI is InChI=1S/C18H20N2O4S/c1-3-11-19-18(21)15-9-10-16(24-2)17(12-15)25(22,23)20-13-14-7-5-4-6-8-14/h3-10,12,20H,1,11,13H2,2H3,(H,19,21). The molecule has 0 atom stereocenters. The molecule has 0 saturated heterocycles. The van der Waals surface area contributed by atoms with Crippen molar-refractivity contribution in [2.45, 2.75) is 11.4 Å². The maximum atomic E-state index is 12.6. The highest BCUT2D eigenvalue weighted by Gasteiger charge is 2.21. The zero-order chi connectivity index (χ0) is 18.3. The maximum absolute atomic E-state index is 12.6. The number of hydrogen-bond donors (Lipinski definition) is 2. The number of nitrogens with one attached hydrogen (secondary N) is 2. The second-order valence-corrected chi connectivity index (χ2v) is 6.91. The van der Waals surface area contributed by atoms with E-state index in [-0.39, 0.29) is 28.7 Å². The summed E-state index contributed by atoms with van der Waals surface area (Å²) < 4.78 is 32.9. The molecule has 2 aromatic rings. The van der Waals surface area contributed by atoms with Crippen molar-refractivity contribution in [3.8, 4) is 5.75 Å². The van der Waals surface area contributed by atoms with Gasteiger partial charge in [0, 0.05) is 18.7 Å². The molecule has 0 aromatic heterocycles. The molecule has 0 heterocycles. The van der Waals surface area contributed by atoms with E-state index in [1.165, 1.54) is 25.3 Å². The molecule has 0 aliphatic heterocycles. The molecule has 0 unspecified atom stereocenters. The van der Waals surface area contributed by atoms with E-state index in [0.29, 0.717) is 6.54 Å². The normalized spacial score (nSPS) is 10.9. The van der Waals surface area contributed by atoms with Crippen molar-refractivity contribution in [2.75, 3.05) is 13.7 Å². The van der Waals surface area contributed by atoms with E-state index in [4.69, 9.17) is 4.74 Å². The van der Waals surface area contributed by atoms with Crippen LogP contribution in [0, 0.1) is 0 Å².